The van der Waals surface area contributed by atoms with Crippen LogP contribution < -0.4 is 0 Å². The Balaban J connectivity index is 0. The molecule has 0 saturated heterocycles. The fourth-order valence-corrected chi connectivity index (χ4v) is 0.975. The Morgan fingerprint density at radius 3 is 2.00 bits per heavy atom. The Morgan fingerprint density at radius 2 is 1.56 bits per heavy atom. The summed E-state index contributed by atoms with van der Waals surface area (Å²) in [5.74, 6) is -0.163. The van der Waals surface area contributed by atoms with E-state index in [2.05, 4.69) is 0 Å². The lowest BCUT2D eigenvalue weighted by atomic mass is 10.2. The zero-order valence-electron chi connectivity index (χ0n) is 11.1. The molecule has 1 aromatic rings. The van der Waals surface area contributed by atoms with Gasteiger partial charge in [-0.05, 0) is 12.5 Å². The first-order valence-corrected chi connectivity index (χ1v) is 6.02. The van der Waals surface area contributed by atoms with E-state index in [1.807, 2.05) is 65.0 Å². The molecule has 0 spiro atoms. The van der Waals surface area contributed by atoms with E-state index in [9.17, 15) is 4.79 Å². The van der Waals surface area contributed by atoms with Crippen LogP contribution in [0.1, 0.15) is 40.2 Å². The molecule has 0 aromatic heterocycles. The summed E-state index contributed by atoms with van der Waals surface area (Å²) in [6, 6.07) is 9.58. The normalized spacial score (nSPS) is 7.81. The molecule has 0 N–H and O–H groups in total. The Kier molecular flexibility index (Phi) is 14.6. The summed E-state index contributed by atoms with van der Waals surface area (Å²) >= 11 is 0. The van der Waals surface area contributed by atoms with Gasteiger partial charge in [-0.2, -0.15) is 0 Å². The van der Waals surface area contributed by atoms with Gasteiger partial charge < -0.3 is 4.74 Å². The summed E-state index contributed by atoms with van der Waals surface area (Å²) in [7, 11) is 0. The van der Waals surface area contributed by atoms with Crippen molar-refractivity contribution in [1.29, 1.82) is 0 Å². The average Bonchev–Trinajstić information content (AvgIpc) is 2.36. The summed E-state index contributed by atoms with van der Waals surface area (Å²) in [5, 5.41) is 0. The lowest BCUT2D eigenvalue weighted by molar-refractivity contribution is -0.142. The van der Waals surface area contributed by atoms with Crippen LogP contribution in [-0.2, 0) is 16.0 Å². The molecular formula is C14H24O2. The molecule has 1 rings (SSSR count). The van der Waals surface area contributed by atoms with Crippen LogP contribution >= 0.6 is 0 Å². The molecule has 0 saturated carbocycles. The molecule has 0 amide bonds. The van der Waals surface area contributed by atoms with Crippen molar-refractivity contribution in [3.63, 3.8) is 0 Å². The first-order chi connectivity index (χ1) is 7.83. The molecule has 0 heterocycles. The summed E-state index contributed by atoms with van der Waals surface area (Å²) in [5.41, 5.74) is 0.996. The standard InChI is InChI=1S/C10H12O2.2C2H6/c1-2-12-10(11)8-9-6-4-3-5-7-9;2*1-2/h3-7H,2,8H2,1H3;2*1-2H3. The summed E-state index contributed by atoms with van der Waals surface area (Å²) in [6.07, 6.45) is 0.370. The van der Waals surface area contributed by atoms with Crippen LogP contribution in [-0.4, -0.2) is 12.6 Å². The number of carbonyl (C=O) groups excluding carboxylic acids is 1. The van der Waals surface area contributed by atoms with Crippen LogP contribution in [0.3, 0.4) is 0 Å². The van der Waals surface area contributed by atoms with Crippen molar-refractivity contribution in [3.05, 3.63) is 35.9 Å². The van der Waals surface area contributed by atoms with Crippen LogP contribution in [0.4, 0.5) is 0 Å². The minimum Gasteiger partial charge on any atom is -0.466 e. The van der Waals surface area contributed by atoms with Crippen molar-refractivity contribution >= 4 is 5.97 Å². The molecule has 0 bridgehead atoms. The van der Waals surface area contributed by atoms with E-state index in [-0.39, 0.29) is 5.97 Å². The van der Waals surface area contributed by atoms with Crippen LogP contribution in [0.15, 0.2) is 30.3 Å². The van der Waals surface area contributed by atoms with Crippen molar-refractivity contribution in [1.82, 2.24) is 0 Å². The summed E-state index contributed by atoms with van der Waals surface area (Å²) in [6.45, 7) is 10.3. The molecular weight excluding hydrogens is 200 g/mol. The first kappa shape index (κ1) is 17.1. The number of ether oxygens (including phenoxy) is 1. The van der Waals surface area contributed by atoms with E-state index in [1.54, 1.807) is 0 Å². The van der Waals surface area contributed by atoms with Gasteiger partial charge >= 0.3 is 5.97 Å². The maximum atomic E-state index is 11.0. The Morgan fingerprint density at radius 1 is 1.06 bits per heavy atom. The van der Waals surface area contributed by atoms with Crippen molar-refractivity contribution in [2.24, 2.45) is 0 Å². The topological polar surface area (TPSA) is 26.3 Å². The predicted octanol–water partition coefficient (Wildman–Crippen LogP) is 3.84. The molecule has 1 aromatic carbocycles. The minimum atomic E-state index is -0.163. The van der Waals surface area contributed by atoms with E-state index < -0.39 is 0 Å². The molecule has 0 aliphatic rings. The van der Waals surface area contributed by atoms with E-state index in [0.717, 1.165) is 5.56 Å². The first-order valence-electron chi connectivity index (χ1n) is 6.02. The number of esters is 1. The van der Waals surface area contributed by atoms with Gasteiger partial charge in [0.2, 0.25) is 0 Å². The van der Waals surface area contributed by atoms with Crippen molar-refractivity contribution in [2.75, 3.05) is 6.61 Å². The second-order valence-corrected chi connectivity index (χ2v) is 2.47. The fourth-order valence-electron chi connectivity index (χ4n) is 0.975. The molecule has 0 aliphatic heterocycles. The number of hydrogen-bond donors (Lipinski definition) is 0. The third-order valence-electron chi connectivity index (χ3n) is 1.50. The summed E-state index contributed by atoms with van der Waals surface area (Å²) < 4.78 is 4.81. The highest BCUT2D eigenvalue weighted by Crippen LogP contribution is 2.00. The molecule has 0 radical (unpaired) electrons. The summed E-state index contributed by atoms with van der Waals surface area (Å²) in [4.78, 5) is 11.0. The Hall–Kier alpha value is -1.31. The van der Waals surface area contributed by atoms with E-state index in [4.69, 9.17) is 4.74 Å². The SMILES string of the molecule is CC.CC.CCOC(=O)Cc1ccccc1. The van der Waals surface area contributed by atoms with Gasteiger partial charge in [0, 0.05) is 0 Å². The Bertz CT molecular complexity index is 242. The molecule has 2 heteroatoms. The molecule has 0 aliphatic carbocycles. The highest BCUT2D eigenvalue weighted by Gasteiger charge is 2.01. The van der Waals surface area contributed by atoms with Gasteiger partial charge in [-0.15, -0.1) is 0 Å². The van der Waals surface area contributed by atoms with Gasteiger partial charge in [-0.1, -0.05) is 58.0 Å². The molecule has 16 heavy (non-hydrogen) atoms. The highest BCUT2D eigenvalue weighted by atomic mass is 16.5. The van der Waals surface area contributed by atoms with Crippen molar-refractivity contribution in [3.8, 4) is 0 Å². The van der Waals surface area contributed by atoms with Gasteiger partial charge in [0.1, 0.15) is 0 Å². The van der Waals surface area contributed by atoms with Crippen LogP contribution in [0.2, 0.25) is 0 Å². The van der Waals surface area contributed by atoms with Crippen LogP contribution in [0.5, 0.6) is 0 Å². The maximum absolute atomic E-state index is 11.0. The molecule has 0 atom stereocenters. The molecule has 0 unspecified atom stereocenters. The monoisotopic (exact) mass is 224 g/mol. The fraction of sp³-hybridized carbons (Fsp3) is 0.500. The van der Waals surface area contributed by atoms with Gasteiger partial charge in [0.25, 0.3) is 0 Å². The Labute approximate surface area is 99.6 Å². The van der Waals surface area contributed by atoms with Crippen molar-refractivity contribution in [2.45, 2.75) is 41.0 Å². The second kappa shape index (κ2) is 13.7. The number of hydrogen-bond acceptors (Lipinski definition) is 2. The number of benzene rings is 1. The van der Waals surface area contributed by atoms with E-state index >= 15 is 0 Å². The van der Waals surface area contributed by atoms with E-state index in [1.165, 1.54) is 0 Å². The van der Waals surface area contributed by atoms with E-state index in [0.29, 0.717) is 13.0 Å². The average molecular weight is 224 g/mol. The van der Waals surface area contributed by atoms with Gasteiger partial charge in [-0.25, -0.2) is 0 Å². The molecule has 2 nitrogen and oxygen atoms in total. The van der Waals surface area contributed by atoms with Gasteiger partial charge in [-0.3, -0.25) is 4.79 Å². The highest BCUT2D eigenvalue weighted by molar-refractivity contribution is 5.72. The maximum Gasteiger partial charge on any atom is 0.310 e. The lowest BCUT2D eigenvalue weighted by Crippen LogP contribution is -2.06. The number of carbonyl (C=O) groups is 1. The lowest BCUT2D eigenvalue weighted by Gasteiger charge is -2.00. The van der Waals surface area contributed by atoms with Gasteiger partial charge in [0.15, 0.2) is 0 Å². The predicted molar refractivity (Wildman–Crippen MR) is 69.5 cm³/mol. The second-order valence-electron chi connectivity index (χ2n) is 2.47. The third-order valence-corrected chi connectivity index (χ3v) is 1.50. The molecule has 92 valence electrons. The molecule has 0 fully saturated rings. The van der Waals surface area contributed by atoms with Crippen LogP contribution in [0.25, 0.3) is 0 Å². The third kappa shape index (κ3) is 9.25. The van der Waals surface area contributed by atoms with Crippen LogP contribution in [0, 0.1) is 0 Å². The van der Waals surface area contributed by atoms with Crippen molar-refractivity contribution < 1.29 is 9.53 Å². The zero-order chi connectivity index (χ0) is 12.8. The van der Waals surface area contributed by atoms with Gasteiger partial charge in [0.05, 0.1) is 13.0 Å². The quantitative estimate of drug-likeness (QED) is 0.729. The largest absolute Gasteiger partial charge is 0.466 e. The minimum absolute atomic E-state index is 0.163. The zero-order valence-corrected chi connectivity index (χ0v) is 11.1. The smallest absolute Gasteiger partial charge is 0.310 e. The number of rotatable bonds is 3.